The van der Waals surface area contributed by atoms with E-state index in [4.69, 9.17) is 0 Å². The van der Waals surface area contributed by atoms with E-state index in [0.29, 0.717) is 25.0 Å². The van der Waals surface area contributed by atoms with Gasteiger partial charge in [-0.15, -0.1) is 5.10 Å². The number of rotatable bonds is 11. The highest BCUT2D eigenvalue weighted by Crippen LogP contribution is 2.28. The molecule has 1 aromatic rings. The first-order chi connectivity index (χ1) is 12.5. The highest BCUT2D eigenvalue weighted by molar-refractivity contribution is 4.99. The zero-order valence-electron chi connectivity index (χ0n) is 16.2. The second-order valence-electron chi connectivity index (χ2n) is 7.40. The fraction of sp³-hybridized carbons (Fsp3) is 0.895. The molecule has 0 radical (unpaired) electrons. The molecule has 0 aliphatic carbocycles. The van der Waals surface area contributed by atoms with Gasteiger partial charge in [-0.3, -0.25) is 4.90 Å². The number of halogens is 3. The summed E-state index contributed by atoms with van der Waals surface area (Å²) in [7, 11) is 0. The van der Waals surface area contributed by atoms with Gasteiger partial charge < -0.3 is 0 Å². The zero-order valence-corrected chi connectivity index (χ0v) is 16.2. The Bertz CT molecular complexity index is 527. The molecule has 150 valence electrons. The quantitative estimate of drug-likeness (QED) is 0.485. The predicted octanol–water partition coefficient (Wildman–Crippen LogP) is 5.42. The van der Waals surface area contributed by atoms with E-state index < -0.39 is 12.0 Å². The first kappa shape index (κ1) is 21.2. The van der Waals surface area contributed by atoms with Crippen molar-refractivity contribution < 1.29 is 13.2 Å². The van der Waals surface area contributed by atoms with E-state index in [9.17, 15) is 13.2 Å². The standard InChI is InChI=1S/C19H33F3N4/c1-3-5-7-8-10-12-16(11-9-6-4-2)25-13-14-26-17(15-25)23-18(24-26)19(20,21)22/h16H,3-15H2,1-2H3. The van der Waals surface area contributed by atoms with E-state index >= 15 is 0 Å². The Kier molecular flexibility index (Phi) is 8.38. The molecule has 0 N–H and O–H groups in total. The zero-order chi connectivity index (χ0) is 19.0. The van der Waals surface area contributed by atoms with Gasteiger partial charge >= 0.3 is 6.18 Å². The first-order valence-electron chi connectivity index (χ1n) is 10.2. The number of hydrogen-bond acceptors (Lipinski definition) is 3. The fourth-order valence-electron chi connectivity index (χ4n) is 3.71. The van der Waals surface area contributed by atoms with Crippen LogP contribution in [0.5, 0.6) is 0 Å². The second-order valence-corrected chi connectivity index (χ2v) is 7.40. The first-order valence-corrected chi connectivity index (χ1v) is 10.2. The third-order valence-corrected chi connectivity index (χ3v) is 5.24. The summed E-state index contributed by atoms with van der Waals surface area (Å²) in [6, 6.07) is 0.447. The molecule has 4 nitrogen and oxygen atoms in total. The fourth-order valence-corrected chi connectivity index (χ4v) is 3.71. The number of alkyl halides is 3. The lowest BCUT2D eigenvalue weighted by atomic mass is 9.99. The van der Waals surface area contributed by atoms with E-state index in [1.54, 1.807) is 0 Å². The largest absolute Gasteiger partial charge is 0.453 e. The van der Waals surface area contributed by atoms with Gasteiger partial charge in [0.25, 0.3) is 5.82 Å². The highest BCUT2D eigenvalue weighted by Gasteiger charge is 2.38. The Morgan fingerprint density at radius 2 is 1.54 bits per heavy atom. The number of fused-ring (bicyclic) bond motifs is 1. The van der Waals surface area contributed by atoms with Crippen LogP contribution in [0.25, 0.3) is 0 Å². The van der Waals surface area contributed by atoms with Crippen molar-refractivity contribution in [3.05, 3.63) is 11.6 Å². The van der Waals surface area contributed by atoms with Gasteiger partial charge in [-0.2, -0.15) is 13.2 Å². The maximum atomic E-state index is 12.9. The molecule has 0 amide bonds. The molecule has 0 aromatic carbocycles. The molecule has 0 spiro atoms. The van der Waals surface area contributed by atoms with Crippen LogP contribution < -0.4 is 0 Å². The summed E-state index contributed by atoms with van der Waals surface area (Å²) in [6.07, 6.45) is 7.64. The van der Waals surface area contributed by atoms with E-state index in [1.165, 1.54) is 56.0 Å². The summed E-state index contributed by atoms with van der Waals surface area (Å²) in [5, 5.41) is 3.64. The minimum Gasteiger partial charge on any atom is -0.291 e. The van der Waals surface area contributed by atoms with Crippen LogP contribution in [0.4, 0.5) is 13.2 Å². The highest BCUT2D eigenvalue weighted by atomic mass is 19.4. The van der Waals surface area contributed by atoms with Crippen molar-refractivity contribution >= 4 is 0 Å². The average Bonchev–Trinajstić information content (AvgIpc) is 3.04. The average molecular weight is 374 g/mol. The Labute approximate surface area is 155 Å². The predicted molar refractivity (Wildman–Crippen MR) is 96.7 cm³/mol. The van der Waals surface area contributed by atoms with Gasteiger partial charge in [-0.1, -0.05) is 65.2 Å². The molecule has 1 unspecified atom stereocenters. The van der Waals surface area contributed by atoms with Crippen LogP contribution in [-0.2, 0) is 19.3 Å². The van der Waals surface area contributed by atoms with E-state index in [0.717, 1.165) is 19.4 Å². The summed E-state index contributed by atoms with van der Waals surface area (Å²) < 4.78 is 40.0. The molecule has 0 saturated carbocycles. The van der Waals surface area contributed by atoms with Crippen molar-refractivity contribution in [1.82, 2.24) is 19.7 Å². The lowest BCUT2D eigenvalue weighted by molar-refractivity contribution is -0.145. The number of aromatic nitrogens is 3. The molecule has 1 aromatic heterocycles. The maximum Gasteiger partial charge on any atom is 0.453 e. The number of unbranched alkanes of at least 4 members (excludes halogenated alkanes) is 6. The monoisotopic (exact) mass is 374 g/mol. The van der Waals surface area contributed by atoms with Crippen molar-refractivity contribution in [3.63, 3.8) is 0 Å². The molecule has 1 atom stereocenters. The van der Waals surface area contributed by atoms with Crippen LogP contribution in [0.15, 0.2) is 0 Å². The van der Waals surface area contributed by atoms with E-state index in [1.807, 2.05) is 0 Å². The molecule has 1 aliphatic rings. The maximum absolute atomic E-state index is 12.9. The summed E-state index contributed by atoms with van der Waals surface area (Å²) in [4.78, 5) is 6.09. The van der Waals surface area contributed by atoms with Gasteiger partial charge in [0.2, 0.25) is 0 Å². The summed E-state index contributed by atoms with van der Waals surface area (Å²) in [5.74, 6) is -0.550. The lowest BCUT2D eigenvalue weighted by Gasteiger charge is -2.34. The van der Waals surface area contributed by atoms with E-state index in [-0.39, 0.29) is 0 Å². The van der Waals surface area contributed by atoms with Gasteiger partial charge in [0.15, 0.2) is 0 Å². The second kappa shape index (κ2) is 10.3. The minimum atomic E-state index is -4.46. The normalized spacial score (nSPS) is 16.7. The molecule has 7 heteroatoms. The van der Waals surface area contributed by atoms with Gasteiger partial charge in [0, 0.05) is 12.6 Å². The van der Waals surface area contributed by atoms with Gasteiger partial charge in [0.1, 0.15) is 5.82 Å². The Balaban J connectivity index is 1.95. The van der Waals surface area contributed by atoms with Crippen LogP contribution in [0.3, 0.4) is 0 Å². The molecule has 26 heavy (non-hydrogen) atoms. The minimum absolute atomic E-state index is 0.447. The topological polar surface area (TPSA) is 34.0 Å². The Morgan fingerprint density at radius 1 is 0.923 bits per heavy atom. The molecular formula is C19H33F3N4. The summed E-state index contributed by atoms with van der Waals surface area (Å²) >= 11 is 0. The van der Waals surface area contributed by atoms with Crippen molar-refractivity contribution in [3.8, 4) is 0 Å². The van der Waals surface area contributed by atoms with Crippen molar-refractivity contribution in [2.24, 2.45) is 0 Å². The summed E-state index contributed by atoms with van der Waals surface area (Å²) in [6.45, 7) is 6.15. The van der Waals surface area contributed by atoms with Crippen molar-refractivity contribution in [1.29, 1.82) is 0 Å². The SMILES string of the molecule is CCCCCCCC(CCCCC)N1CCn2nc(C(F)(F)F)nc2C1. The van der Waals surface area contributed by atoms with Crippen LogP contribution in [-0.4, -0.2) is 32.3 Å². The molecule has 2 rings (SSSR count). The van der Waals surface area contributed by atoms with Crippen molar-refractivity contribution in [2.45, 2.75) is 103 Å². The van der Waals surface area contributed by atoms with Crippen molar-refractivity contribution in [2.75, 3.05) is 6.54 Å². The van der Waals surface area contributed by atoms with Gasteiger partial charge in [-0.25, -0.2) is 9.67 Å². The summed E-state index contributed by atoms with van der Waals surface area (Å²) in [5.41, 5.74) is 0. The Morgan fingerprint density at radius 3 is 2.19 bits per heavy atom. The van der Waals surface area contributed by atoms with E-state index in [2.05, 4.69) is 28.8 Å². The molecule has 2 heterocycles. The number of nitrogens with zero attached hydrogens (tertiary/aromatic N) is 4. The van der Waals surface area contributed by atoms with Crippen LogP contribution in [0, 0.1) is 0 Å². The Hall–Kier alpha value is -1.11. The van der Waals surface area contributed by atoms with Crippen LogP contribution in [0.2, 0.25) is 0 Å². The third-order valence-electron chi connectivity index (χ3n) is 5.24. The third kappa shape index (κ3) is 6.25. The molecule has 0 fully saturated rings. The molecule has 1 aliphatic heterocycles. The molecular weight excluding hydrogens is 341 g/mol. The van der Waals surface area contributed by atoms with Crippen LogP contribution >= 0.6 is 0 Å². The molecule has 0 bridgehead atoms. The smallest absolute Gasteiger partial charge is 0.291 e. The lowest BCUT2D eigenvalue weighted by Crippen LogP contribution is -2.41. The van der Waals surface area contributed by atoms with Crippen LogP contribution in [0.1, 0.15) is 89.7 Å². The molecule has 0 saturated heterocycles. The number of hydrogen-bond donors (Lipinski definition) is 0. The van der Waals surface area contributed by atoms with Gasteiger partial charge in [0.05, 0.1) is 13.1 Å². The van der Waals surface area contributed by atoms with Gasteiger partial charge in [-0.05, 0) is 12.8 Å².